The van der Waals surface area contributed by atoms with Crippen molar-refractivity contribution >= 4 is 23.3 Å². The monoisotopic (exact) mass is 285 g/mol. The molecule has 1 amide bonds. The molecule has 0 saturated carbocycles. The van der Waals surface area contributed by atoms with Gasteiger partial charge in [-0.1, -0.05) is 12.1 Å². The van der Waals surface area contributed by atoms with E-state index < -0.39 is 11.9 Å². The van der Waals surface area contributed by atoms with Crippen LogP contribution >= 0.6 is 0 Å². The minimum Gasteiger partial charge on any atom is -0.464 e. The van der Waals surface area contributed by atoms with E-state index in [1.54, 1.807) is 18.2 Å². The summed E-state index contributed by atoms with van der Waals surface area (Å²) in [6, 6.07) is 9.85. The number of anilines is 2. The minimum absolute atomic E-state index is 0.0713. The molecule has 0 aliphatic carbocycles. The number of nitrogen functional groups attached to an aromatic ring is 1. The largest absolute Gasteiger partial charge is 0.464 e. The third kappa shape index (κ3) is 3.36. The Hall–Kier alpha value is -2.89. The van der Waals surface area contributed by atoms with Crippen molar-refractivity contribution in [1.29, 1.82) is 0 Å². The second-order valence-electron chi connectivity index (χ2n) is 4.44. The molecule has 0 spiro atoms. The van der Waals surface area contributed by atoms with Crippen LogP contribution in [0.4, 0.5) is 11.4 Å². The number of aromatic nitrogens is 1. The van der Waals surface area contributed by atoms with Crippen molar-refractivity contribution in [1.82, 2.24) is 4.98 Å². The Kier molecular flexibility index (Phi) is 4.18. The summed E-state index contributed by atoms with van der Waals surface area (Å²) in [7, 11) is 1.25. The molecule has 0 saturated heterocycles. The van der Waals surface area contributed by atoms with E-state index in [0.717, 1.165) is 5.56 Å². The molecule has 2 aromatic rings. The van der Waals surface area contributed by atoms with Gasteiger partial charge in [0.05, 0.1) is 18.5 Å². The van der Waals surface area contributed by atoms with Gasteiger partial charge in [-0.2, -0.15) is 0 Å². The van der Waals surface area contributed by atoms with E-state index in [-0.39, 0.29) is 11.4 Å². The minimum atomic E-state index is -0.598. The van der Waals surface area contributed by atoms with Gasteiger partial charge in [0, 0.05) is 0 Å². The Morgan fingerprint density at radius 2 is 1.90 bits per heavy atom. The van der Waals surface area contributed by atoms with E-state index in [2.05, 4.69) is 15.0 Å². The molecule has 0 fully saturated rings. The number of esters is 1. The van der Waals surface area contributed by atoms with E-state index in [1.807, 2.05) is 13.0 Å². The van der Waals surface area contributed by atoms with Gasteiger partial charge >= 0.3 is 5.97 Å². The highest BCUT2D eigenvalue weighted by atomic mass is 16.5. The number of carbonyl (C=O) groups is 2. The number of benzene rings is 1. The standard InChI is InChI=1S/C15H15N3O3/c1-9-6-7-11(10(16)8-9)18-14(19)12-4-3-5-13(17-12)15(20)21-2/h3-8H,16H2,1-2H3,(H,18,19). The first-order chi connectivity index (χ1) is 10.0. The van der Waals surface area contributed by atoms with Gasteiger partial charge in [0.15, 0.2) is 0 Å². The van der Waals surface area contributed by atoms with Crippen LogP contribution in [0.3, 0.4) is 0 Å². The fourth-order valence-corrected chi connectivity index (χ4v) is 1.76. The molecule has 6 heteroatoms. The Bertz CT molecular complexity index is 698. The Balaban J connectivity index is 2.22. The number of nitrogens with one attached hydrogen (secondary N) is 1. The third-order valence-electron chi connectivity index (χ3n) is 2.83. The summed E-state index contributed by atoms with van der Waals surface area (Å²) >= 11 is 0. The van der Waals surface area contributed by atoms with Crippen LogP contribution in [0, 0.1) is 6.92 Å². The van der Waals surface area contributed by atoms with Crippen LogP contribution in [0.1, 0.15) is 26.5 Å². The summed E-state index contributed by atoms with van der Waals surface area (Å²) in [5.41, 5.74) is 7.98. The number of ether oxygens (including phenoxy) is 1. The summed E-state index contributed by atoms with van der Waals surface area (Å²) in [6.07, 6.45) is 0. The maximum atomic E-state index is 12.1. The second-order valence-corrected chi connectivity index (χ2v) is 4.44. The molecule has 6 nitrogen and oxygen atoms in total. The first-order valence-corrected chi connectivity index (χ1v) is 6.24. The van der Waals surface area contributed by atoms with Crippen LogP contribution in [-0.2, 0) is 4.74 Å². The molecule has 0 aliphatic heterocycles. The first kappa shape index (κ1) is 14.5. The van der Waals surface area contributed by atoms with Crippen molar-refractivity contribution < 1.29 is 14.3 Å². The number of nitrogens with two attached hydrogens (primary N) is 1. The third-order valence-corrected chi connectivity index (χ3v) is 2.83. The zero-order valence-electron chi connectivity index (χ0n) is 11.7. The summed E-state index contributed by atoms with van der Waals surface area (Å²) in [6.45, 7) is 1.91. The van der Waals surface area contributed by atoms with Gasteiger partial charge in [0.2, 0.25) is 0 Å². The SMILES string of the molecule is COC(=O)c1cccc(C(=O)Nc2ccc(C)cc2N)n1. The van der Waals surface area contributed by atoms with Crippen molar-refractivity contribution in [2.75, 3.05) is 18.2 Å². The normalized spacial score (nSPS) is 10.0. The number of hydrogen-bond acceptors (Lipinski definition) is 5. The van der Waals surface area contributed by atoms with Gasteiger partial charge in [-0.25, -0.2) is 9.78 Å². The smallest absolute Gasteiger partial charge is 0.356 e. The lowest BCUT2D eigenvalue weighted by molar-refractivity contribution is 0.0594. The van der Waals surface area contributed by atoms with Crippen LogP contribution in [0.25, 0.3) is 0 Å². The average Bonchev–Trinajstić information content (AvgIpc) is 2.49. The molecule has 0 radical (unpaired) electrons. The van der Waals surface area contributed by atoms with Crippen molar-refractivity contribution in [3.8, 4) is 0 Å². The molecule has 0 unspecified atom stereocenters. The second kappa shape index (κ2) is 6.04. The molecule has 2 rings (SSSR count). The Labute approximate surface area is 121 Å². The number of nitrogens with zero attached hydrogens (tertiary/aromatic N) is 1. The predicted molar refractivity (Wildman–Crippen MR) is 79.1 cm³/mol. The van der Waals surface area contributed by atoms with Crippen molar-refractivity contribution in [3.63, 3.8) is 0 Å². The van der Waals surface area contributed by atoms with Crippen molar-refractivity contribution in [2.24, 2.45) is 0 Å². The summed E-state index contributed by atoms with van der Waals surface area (Å²) in [4.78, 5) is 27.5. The molecule has 3 N–H and O–H groups in total. The lowest BCUT2D eigenvalue weighted by Crippen LogP contribution is -2.16. The van der Waals surface area contributed by atoms with E-state index in [0.29, 0.717) is 11.4 Å². The number of pyridine rings is 1. The quantitative estimate of drug-likeness (QED) is 0.664. The molecule has 21 heavy (non-hydrogen) atoms. The molecule has 1 aromatic heterocycles. The van der Waals surface area contributed by atoms with Crippen molar-refractivity contribution in [2.45, 2.75) is 6.92 Å². The topological polar surface area (TPSA) is 94.3 Å². The van der Waals surface area contributed by atoms with Crippen LogP contribution in [0.5, 0.6) is 0 Å². The zero-order chi connectivity index (χ0) is 15.4. The number of aryl methyl sites for hydroxylation is 1. The summed E-state index contributed by atoms with van der Waals surface area (Å²) < 4.78 is 4.57. The zero-order valence-corrected chi connectivity index (χ0v) is 11.7. The van der Waals surface area contributed by atoms with Gasteiger partial charge < -0.3 is 15.8 Å². The molecule has 0 atom stereocenters. The molecule has 1 aromatic carbocycles. The number of hydrogen-bond donors (Lipinski definition) is 2. The van der Waals surface area contributed by atoms with E-state index in [4.69, 9.17) is 5.73 Å². The van der Waals surface area contributed by atoms with Gasteiger partial charge in [-0.3, -0.25) is 4.79 Å². The molecule has 108 valence electrons. The van der Waals surface area contributed by atoms with Crippen molar-refractivity contribution in [3.05, 3.63) is 53.3 Å². The first-order valence-electron chi connectivity index (χ1n) is 6.24. The number of rotatable bonds is 3. The number of carbonyl (C=O) groups excluding carboxylic acids is 2. The molecule has 0 aliphatic rings. The molecular formula is C15H15N3O3. The van der Waals surface area contributed by atoms with Gasteiger partial charge in [0.25, 0.3) is 5.91 Å². The Morgan fingerprint density at radius 3 is 2.57 bits per heavy atom. The Morgan fingerprint density at radius 1 is 1.19 bits per heavy atom. The maximum absolute atomic E-state index is 12.1. The van der Waals surface area contributed by atoms with Crippen LogP contribution in [0.2, 0.25) is 0 Å². The van der Waals surface area contributed by atoms with E-state index in [1.165, 1.54) is 19.2 Å². The van der Waals surface area contributed by atoms with Gasteiger partial charge in [0.1, 0.15) is 11.4 Å². The fraction of sp³-hybridized carbons (Fsp3) is 0.133. The summed E-state index contributed by atoms with van der Waals surface area (Å²) in [5.74, 6) is -1.05. The predicted octanol–water partition coefficient (Wildman–Crippen LogP) is 2.01. The van der Waals surface area contributed by atoms with Gasteiger partial charge in [-0.15, -0.1) is 0 Å². The number of methoxy groups -OCH3 is 1. The molecule has 0 bridgehead atoms. The lowest BCUT2D eigenvalue weighted by atomic mass is 10.2. The highest BCUT2D eigenvalue weighted by molar-refractivity contribution is 6.05. The van der Waals surface area contributed by atoms with Crippen LogP contribution in [-0.4, -0.2) is 24.0 Å². The number of amides is 1. The van der Waals surface area contributed by atoms with Crippen LogP contribution < -0.4 is 11.1 Å². The molecule has 1 heterocycles. The maximum Gasteiger partial charge on any atom is 0.356 e. The lowest BCUT2D eigenvalue weighted by Gasteiger charge is -2.09. The average molecular weight is 285 g/mol. The highest BCUT2D eigenvalue weighted by Crippen LogP contribution is 2.20. The van der Waals surface area contributed by atoms with E-state index >= 15 is 0 Å². The van der Waals surface area contributed by atoms with E-state index in [9.17, 15) is 9.59 Å². The summed E-state index contributed by atoms with van der Waals surface area (Å²) in [5, 5.41) is 2.66. The fourth-order valence-electron chi connectivity index (χ4n) is 1.76. The highest BCUT2D eigenvalue weighted by Gasteiger charge is 2.13. The van der Waals surface area contributed by atoms with Gasteiger partial charge in [-0.05, 0) is 36.8 Å². The van der Waals surface area contributed by atoms with Crippen LogP contribution in [0.15, 0.2) is 36.4 Å². The molecular weight excluding hydrogens is 270 g/mol.